The molecule has 0 amide bonds. The summed E-state index contributed by atoms with van der Waals surface area (Å²) in [5, 5.41) is -0.180. The first kappa shape index (κ1) is 24.0. The Hall–Kier alpha value is -0.0400. The molecule has 0 saturated heterocycles. The lowest BCUT2D eigenvalue weighted by Gasteiger charge is -2.05. The third-order valence-electron chi connectivity index (χ3n) is 4.90. The van der Waals surface area contributed by atoms with E-state index in [1.807, 2.05) is 0 Å². The summed E-state index contributed by atoms with van der Waals surface area (Å²) in [5.41, 5.74) is 0. The average Bonchev–Trinajstić information content (AvgIpc) is 2.53. The highest BCUT2D eigenvalue weighted by Crippen LogP contribution is 2.15. The summed E-state index contributed by atoms with van der Waals surface area (Å²) in [4.78, 5) is 10.6. The van der Waals surface area contributed by atoms with Gasteiger partial charge < -0.3 is 0 Å². The molecule has 0 aliphatic heterocycles. The highest BCUT2D eigenvalue weighted by Gasteiger charge is 1.97. The normalized spacial score (nSPS) is 11.3. The average molecular weight is 359 g/mol. The van der Waals surface area contributed by atoms with E-state index in [-0.39, 0.29) is 5.24 Å². The molecule has 0 aromatic heterocycles. The number of halogens is 1. The maximum atomic E-state index is 10.6. The molecule has 0 heterocycles. The molecule has 0 bridgehead atoms. The van der Waals surface area contributed by atoms with Crippen LogP contribution in [-0.4, -0.2) is 5.24 Å². The fourth-order valence-corrected chi connectivity index (χ4v) is 3.43. The molecular weight excluding hydrogens is 316 g/mol. The maximum Gasteiger partial charge on any atom is 0.221 e. The van der Waals surface area contributed by atoms with E-state index < -0.39 is 0 Å². The molecule has 1 nitrogen and oxygen atoms in total. The van der Waals surface area contributed by atoms with Crippen LogP contribution in [0.2, 0.25) is 0 Å². The minimum absolute atomic E-state index is 0.180. The van der Waals surface area contributed by atoms with Crippen molar-refractivity contribution in [3.05, 3.63) is 0 Å². The minimum atomic E-state index is -0.180. The first-order valence-electron chi connectivity index (χ1n) is 10.8. The lowest BCUT2D eigenvalue weighted by Crippen LogP contribution is -1.87. The van der Waals surface area contributed by atoms with Gasteiger partial charge in [-0.25, -0.2) is 0 Å². The van der Waals surface area contributed by atoms with Gasteiger partial charge in [-0.1, -0.05) is 117 Å². The van der Waals surface area contributed by atoms with Crippen molar-refractivity contribution in [2.45, 2.75) is 129 Å². The van der Waals surface area contributed by atoms with Crippen molar-refractivity contribution >= 4 is 16.8 Å². The molecule has 0 fully saturated rings. The Kier molecular flexibility index (Phi) is 19.3. The van der Waals surface area contributed by atoms with Crippen LogP contribution in [0.1, 0.15) is 129 Å². The molecule has 0 radical (unpaired) electrons. The van der Waals surface area contributed by atoms with Gasteiger partial charge in [-0.15, -0.1) is 0 Å². The van der Waals surface area contributed by atoms with Crippen molar-refractivity contribution in [2.75, 3.05) is 0 Å². The minimum Gasteiger partial charge on any atom is -0.281 e. The highest BCUT2D eigenvalue weighted by atomic mass is 35.5. The number of hydrogen-bond acceptors (Lipinski definition) is 1. The smallest absolute Gasteiger partial charge is 0.221 e. The Morgan fingerprint density at radius 1 is 0.583 bits per heavy atom. The topological polar surface area (TPSA) is 17.1 Å². The first-order chi connectivity index (χ1) is 11.6. The molecule has 0 N–H and O–H groups in total. The van der Waals surface area contributed by atoms with E-state index in [9.17, 15) is 4.79 Å². The fraction of sp³-hybridized carbons (Fsp3) is 0.955. The number of carbonyl (C=O) groups is 1. The molecule has 0 spiro atoms. The summed E-state index contributed by atoms with van der Waals surface area (Å²) >= 11 is 5.32. The molecule has 0 rings (SSSR count). The Morgan fingerprint density at radius 2 is 0.875 bits per heavy atom. The maximum absolute atomic E-state index is 10.6. The van der Waals surface area contributed by atoms with E-state index in [2.05, 4.69) is 13.8 Å². The van der Waals surface area contributed by atoms with Gasteiger partial charge in [0.15, 0.2) is 0 Å². The predicted octanol–water partition coefficient (Wildman–Crippen LogP) is 8.43. The van der Waals surface area contributed by atoms with E-state index >= 15 is 0 Å². The molecular formula is C22H43ClO. The summed E-state index contributed by atoms with van der Waals surface area (Å²) in [5.74, 6) is 0.881. The molecule has 144 valence electrons. The van der Waals surface area contributed by atoms with Gasteiger partial charge in [-0.2, -0.15) is 0 Å². The first-order valence-corrected chi connectivity index (χ1v) is 11.2. The zero-order valence-corrected chi connectivity index (χ0v) is 17.3. The molecule has 0 aliphatic carbocycles. The Bertz CT molecular complexity index is 263. The van der Waals surface area contributed by atoms with Crippen molar-refractivity contribution in [2.24, 2.45) is 5.92 Å². The van der Waals surface area contributed by atoms with Gasteiger partial charge in [-0.3, -0.25) is 4.79 Å². The van der Waals surface area contributed by atoms with Crippen LogP contribution in [-0.2, 0) is 4.79 Å². The number of carbonyl (C=O) groups excluding carboxylic acids is 1. The van der Waals surface area contributed by atoms with Gasteiger partial charge in [0.1, 0.15) is 0 Å². The van der Waals surface area contributed by atoms with E-state index in [0.29, 0.717) is 6.42 Å². The van der Waals surface area contributed by atoms with Crippen LogP contribution in [0.15, 0.2) is 0 Å². The van der Waals surface area contributed by atoms with E-state index in [0.717, 1.165) is 18.8 Å². The van der Waals surface area contributed by atoms with Crippen molar-refractivity contribution in [1.29, 1.82) is 0 Å². The summed E-state index contributed by atoms with van der Waals surface area (Å²) in [6.45, 7) is 4.65. The molecule has 0 atom stereocenters. The van der Waals surface area contributed by atoms with E-state index in [1.54, 1.807) is 0 Å². The van der Waals surface area contributed by atoms with Crippen LogP contribution < -0.4 is 0 Å². The third-order valence-corrected chi connectivity index (χ3v) is 5.09. The zero-order valence-electron chi connectivity index (χ0n) is 16.6. The van der Waals surface area contributed by atoms with Gasteiger partial charge in [0.2, 0.25) is 5.24 Å². The van der Waals surface area contributed by atoms with Crippen LogP contribution >= 0.6 is 11.6 Å². The van der Waals surface area contributed by atoms with E-state index in [1.165, 1.54) is 96.3 Å². The Balaban J connectivity index is 2.99. The quantitative estimate of drug-likeness (QED) is 0.167. The molecule has 0 aromatic carbocycles. The second kappa shape index (κ2) is 19.3. The number of hydrogen-bond donors (Lipinski definition) is 0. The largest absolute Gasteiger partial charge is 0.281 e. The number of unbranched alkanes of at least 4 members (excludes halogenated alkanes) is 15. The molecule has 0 aliphatic rings. The second-order valence-electron chi connectivity index (χ2n) is 7.94. The van der Waals surface area contributed by atoms with Crippen LogP contribution in [0.4, 0.5) is 0 Å². The van der Waals surface area contributed by atoms with Crippen molar-refractivity contribution in [3.8, 4) is 0 Å². The molecule has 0 saturated carbocycles. The Morgan fingerprint density at radius 3 is 1.17 bits per heavy atom. The molecule has 0 unspecified atom stereocenters. The fourth-order valence-electron chi connectivity index (χ4n) is 3.29. The third kappa shape index (κ3) is 22.0. The number of rotatable bonds is 19. The van der Waals surface area contributed by atoms with Gasteiger partial charge in [0.25, 0.3) is 0 Å². The predicted molar refractivity (Wildman–Crippen MR) is 109 cm³/mol. The highest BCUT2D eigenvalue weighted by molar-refractivity contribution is 6.63. The zero-order chi connectivity index (χ0) is 17.9. The Labute approximate surface area is 157 Å². The second-order valence-corrected chi connectivity index (χ2v) is 8.37. The van der Waals surface area contributed by atoms with Crippen molar-refractivity contribution in [3.63, 3.8) is 0 Å². The SMILES string of the molecule is CC(C)CCCCCCCCCCCCCCCCCCC(=O)Cl. The summed E-state index contributed by atoms with van der Waals surface area (Å²) < 4.78 is 0. The van der Waals surface area contributed by atoms with Gasteiger partial charge in [0.05, 0.1) is 0 Å². The van der Waals surface area contributed by atoms with Crippen molar-refractivity contribution in [1.82, 2.24) is 0 Å². The van der Waals surface area contributed by atoms with Crippen LogP contribution in [0, 0.1) is 5.92 Å². The van der Waals surface area contributed by atoms with Gasteiger partial charge in [0, 0.05) is 6.42 Å². The van der Waals surface area contributed by atoms with Crippen molar-refractivity contribution < 1.29 is 4.79 Å². The standard InChI is InChI=1S/C22H43ClO/c1-21(2)19-17-15-13-11-9-7-5-3-4-6-8-10-12-14-16-18-20-22(23)24/h21H,3-20H2,1-2H3. The lowest BCUT2D eigenvalue weighted by molar-refractivity contribution is -0.111. The molecule has 24 heavy (non-hydrogen) atoms. The summed E-state index contributed by atoms with van der Waals surface area (Å²) in [6, 6.07) is 0. The van der Waals surface area contributed by atoms with Crippen LogP contribution in [0.3, 0.4) is 0 Å². The molecule has 0 aromatic rings. The molecule has 2 heteroatoms. The lowest BCUT2D eigenvalue weighted by atomic mass is 10.0. The van der Waals surface area contributed by atoms with Gasteiger partial charge >= 0.3 is 0 Å². The summed E-state index contributed by atoms with van der Waals surface area (Å²) in [7, 11) is 0. The van der Waals surface area contributed by atoms with Crippen LogP contribution in [0.25, 0.3) is 0 Å². The summed E-state index contributed by atoms with van der Waals surface area (Å²) in [6.07, 6.45) is 23.8. The monoisotopic (exact) mass is 358 g/mol. The van der Waals surface area contributed by atoms with E-state index in [4.69, 9.17) is 11.6 Å². The van der Waals surface area contributed by atoms with Crippen LogP contribution in [0.5, 0.6) is 0 Å². The van der Waals surface area contributed by atoms with Gasteiger partial charge in [-0.05, 0) is 23.9 Å².